The molecule has 1 aromatic heterocycles. The SMILES string of the molecule is CC(C)(C)OC(=O)N1CCC(OC2CCN(Cc3cnc(N)s3)CC2)CC1. The first-order valence-electron chi connectivity index (χ1n) is 9.84. The minimum absolute atomic E-state index is 0.210. The first-order chi connectivity index (χ1) is 12.8. The minimum atomic E-state index is -0.441. The van der Waals surface area contributed by atoms with E-state index in [2.05, 4.69) is 9.88 Å². The molecule has 1 amide bonds. The predicted octanol–water partition coefficient (Wildman–Crippen LogP) is 3.11. The van der Waals surface area contributed by atoms with E-state index in [0.717, 1.165) is 45.3 Å². The van der Waals surface area contributed by atoms with Crippen LogP contribution < -0.4 is 5.73 Å². The molecule has 2 aliphatic rings. The molecule has 3 rings (SSSR count). The zero-order valence-electron chi connectivity index (χ0n) is 16.6. The molecule has 0 spiro atoms. The topological polar surface area (TPSA) is 80.9 Å². The lowest BCUT2D eigenvalue weighted by Crippen LogP contribution is -2.45. The quantitative estimate of drug-likeness (QED) is 0.842. The number of piperidine rings is 2. The lowest BCUT2D eigenvalue weighted by molar-refractivity contribution is -0.0668. The number of amides is 1. The third-order valence-electron chi connectivity index (χ3n) is 4.96. The molecule has 0 saturated carbocycles. The van der Waals surface area contributed by atoms with Crippen LogP contribution in [0.5, 0.6) is 0 Å². The molecule has 0 unspecified atom stereocenters. The second kappa shape index (κ2) is 8.75. The van der Waals surface area contributed by atoms with Crippen LogP contribution in [0.2, 0.25) is 0 Å². The van der Waals surface area contributed by atoms with E-state index in [1.807, 2.05) is 27.0 Å². The fourth-order valence-electron chi connectivity index (χ4n) is 3.59. The Morgan fingerprint density at radius 1 is 1.19 bits per heavy atom. The lowest BCUT2D eigenvalue weighted by atomic mass is 10.0. The highest BCUT2D eigenvalue weighted by Gasteiger charge is 2.29. The maximum absolute atomic E-state index is 12.1. The molecule has 0 atom stereocenters. The van der Waals surface area contributed by atoms with Gasteiger partial charge in [0.05, 0.1) is 12.2 Å². The summed E-state index contributed by atoms with van der Waals surface area (Å²) in [6.07, 6.45) is 6.13. The molecule has 2 saturated heterocycles. The number of anilines is 1. The van der Waals surface area contributed by atoms with E-state index in [1.165, 1.54) is 4.88 Å². The van der Waals surface area contributed by atoms with Crippen LogP contribution in [0.1, 0.15) is 51.3 Å². The monoisotopic (exact) mass is 396 g/mol. The zero-order valence-corrected chi connectivity index (χ0v) is 17.5. The van der Waals surface area contributed by atoms with E-state index in [4.69, 9.17) is 15.2 Å². The fraction of sp³-hybridized carbons (Fsp3) is 0.789. The number of carbonyl (C=O) groups excluding carboxylic acids is 1. The van der Waals surface area contributed by atoms with Gasteiger partial charge in [-0.05, 0) is 46.5 Å². The van der Waals surface area contributed by atoms with Crippen molar-refractivity contribution >= 4 is 22.6 Å². The van der Waals surface area contributed by atoms with Crippen LogP contribution in [0, 0.1) is 0 Å². The number of nitrogen functional groups attached to an aromatic ring is 1. The molecule has 152 valence electrons. The molecule has 0 aliphatic carbocycles. The Balaban J connectivity index is 1.35. The molecule has 3 heterocycles. The Morgan fingerprint density at radius 3 is 2.30 bits per heavy atom. The summed E-state index contributed by atoms with van der Waals surface area (Å²) in [5, 5.41) is 0.640. The standard InChI is InChI=1S/C19H32N4O3S/c1-19(2,3)26-18(24)23-10-6-15(7-11-23)25-14-4-8-22(9-5-14)13-16-12-21-17(20)27-16/h12,14-15H,4-11,13H2,1-3H3,(H2,20,21). The van der Waals surface area contributed by atoms with E-state index in [1.54, 1.807) is 16.2 Å². The van der Waals surface area contributed by atoms with Crippen molar-refractivity contribution in [3.8, 4) is 0 Å². The van der Waals surface area contributed by atoms with Crippen LogP contribution in [-0.2, 0) is 16.0 Å². The summed E-state index contributed by atoms with van der Waals surface area (Å²) in [6, 6.07) is 0. The van der Waals surface area contributed by atoms with Crippen molar-refractivity contribution in [3.05, 3.63) is 11.1 Å². The van der Waals surface area contributed by atoms with Gasteiger partial charge in [0.2, 0.25) is 0 Å². The molecule has 7 nitrogen and oxygen atoms in total. The summed E-state index contributed by atoms with van der Waals surface area (Å²) in [5.41, 5.74) is 5.26. The zero-order chi connectivity index (χ0) is 19.4. The lowest BCUT2D eigenvalue weighted by Gasteiger charge is -2.37. The Hall–Kier alpha value is -1.38. The predicted molar refractivity (Wildman–Crippen MR) is 107 cm³/mol. The number of hydrogen-bond donors (Lipinski definition) is 1. The van der Waals surface area contributed by atoms with Gasteiger partial charge in [-0.2, -0.15) is 0 Å². The largest absolute Gasteiger partial charge is 0.444 e. The molecule has 0 aromatic carbocycles. The molecule has 27 heavy (non-hydrogen) atoms. The Bertz CT molecular complexity index is 615. The summed E-state index contributed by atoms with van der Waals surface area (Å²) < 4.78 is 11.8. The molecule has 2 fully saturated rings. The van der Waals surface area contributed by atoms with Crippen LogP contribution in [0.15, 0.2) is 6.20 Å². The van der Waals surface area contributed by atoms with E-state index in [9.17, 15) is 4.79 Å². The number of aromatic nitrogens is 1. The molecule has 0 bridgehead atoms. The second-order valence-electron chi connectivity index (χ2n) is 8.44. The summed E-state index contributed by atoms with van der Waals surface area (Å²) in [4.78, 5) is 21.7. The van der Waals surface area contributed by atoms with Gasteiger partial charge in [-0.25, -0.2) is 9.78 Å². The average Bonchev–Trinajstić information content (AvgIpc) is 3.01. The normalized spacial score (nSPS) is 20.8. The van der Waals surface area contributed by atoms with Gasteiger partial charge in [0.1, 0.15) is 5.60 Å². The van der Waals surface area contributed by atoms with Crippen molar-refractivity contribution in [1.29, 1.82) is 0 Å². The first kappa shape index (κ1) is 20.4. The van der Waals surface area contributed by atoms with E-state index < -0.39 is 5.60 Å². The smallest absolute Gasteiger partial charge is 0.410 e. The van der Waals surface area contributed by atoms with Crippen molar-refractivity contribution in [2.24, 2.45) is 0 Å². The number of carbonyl (C=O) groups is 1. The number of ether oxygens (including phenoxy) is 2. The van der Waals surface area contributed by atoms with Gasteiger partial charge in [-0.3, -0.25) is 4.90 Å². The number of likely N-dealkylation sites (tertiary alicyclic amines) is 2. The minimum Gasteiger partial charge on any atom is -0.444 e. The first-order valence-corrected chi connectivity index (χ1v) is 10.7. The van der Waals surface area contributed by atoms with E-state index in [0.29, 0.717) is 24.3 Å². The van der Waals surface area contributed by atoms with E-state index in [-0.39, 0.29) is 12.2 Å². The van der Waals surface area contributed by atoms with Crippen LogP contribution >= 0.6 is 11.3 Å². The van der Waals surface area contributed by atoms with Crippen molar-refractivity contribution in [1.82, 2.24) is 14.8 Å². The van der Waals surface area contributed by atoms with Gasteiger partial charge in [-0.15, -0.1) is 11.3 Å². The van der Waals surface area contributed by atoms with Gasteiger partial charge in [0.15, 0.2) is 5.13 Å². The van der Waals surface area contributed by atoms with Gasteiger partial charge in [0, 0.05) is 43.8 Å². The van der Waals surface area contributed by atoms with Crippen molar-refractivity contribution in [3.63, 3.8) is 0 Å². The Labute approximate surface area is 165 Å². The fourth-order valence-corrected chi connectivity index (χ4v) is 4.32. The maximum atomic E-state index is 12.1. The van der Waals surface area contributed by atoms with Crippen LogP contribution in [-0.4, -0.2) is 64.9 Å². The number of nitrogens with zero attached hydrogens (tertiary/aromatic N) is 3. The number of thiazole rings is 1. The Kier molecular flexibility index (Phi) is 6.60. The van der Waals surface area contributed by atoms with Gasteiger partial charge in [0.25, 0.3) is 0 Å². The molecular weight excluding hydrogens is 364 g/mol. The van der Waals surface area contributed by atoms with Gasteiger partial charge >= 0.3 is 6.09 Å². The highest BCUT2D eigenvalue weighted by atomic mass is 32.1. The highest BCUT2D eigenvalue weighted by molar-refractivity contribution is 7.15. The number of hydrogen-bond acceptors (Lipinski definition) is 7. The number of rotatable bonds is 4. The molecule has 0 radical (unpaired) electrons. The maximum Gasteiger partial charge on any atom is 0.410 e. The third-order valence-corrected chi connectivity index (χ3v) is 5.78. The molecular formula is C19H32N4O3S. The highest BCUT2D eigenvalue weighted by Crippen LogP contribution is 2.24. The average molecular weight is 397 g/mol. The summed E-state index contributed by atoms with van der Waals surface area (Å²) in [6.45, 7) is 10.1. The van der Waals surface area contributed by atoms with Crippen LogP contribution in [0.4, 0.5) is 9.93 Å². The van der Waals surface area contributed by atoms with Crippen molar-refractivity contribution in [2.75, 3.05) is 31.9 Å². The summed E-state index contributed by atoms with van der Waals surface area (Å²) >= 11 is 1.57. The summed E-state index contributed by atoms with van der Waals surface area (Å²) in [7, 11) is 0. The van der Waals surface area contributed by atoms with Crippen molar-refractivity contribution < 1.29 is 14.3 Å². The van der Waals surface area contributed by atoms with Gasteiger partial charge in [-0.1, -0.05) is 0 Å². The third kappa shape index (κ3) is 6.33. The molecule has 2 aliphatic heterocycles. The number of nitrogens with two attached hydrogens (primary N) is 1. The Morgan fingerprint density at radius 2 is 1.78 bits per heavy atom. The van der Waals surface area contributed by atoms with Crippen LogP contribution in [0.3, 0.4) is 0 Å². The second-order valence-corrected chi connectivity index (χ2v) is 9.59. The van der Waals surface area contributed by atoms with Gasteiger partial charge < -0.3 is 20.1 Å². The summed E-state index contributed by atoms with van der Waals surface area (Å²) in [5.74, 6) is 0. The van der Waals surface area contributed by atoms with E-state index >= 15 is 0 Å². The molecule has 8 heteroatoms. The van der Waals surface area contributed by atoms with Crippen LogP contribution in [0.25, 0.3) is 0 Å². The molecule has 1 aromatic rings. The van der Waals surface area contributed by atoms with Crippen molar-refractivity contribution in [2.45, 2.75) is 70.8 Å². The molecule has 2 N–H and O–H groups in total.